The average Bonchev–Trinajstić information content (AvgIpc) is 2.30. The van der Waals surface area contributed by atoms with E-state index in [4.69, 9.17) is 5.73 Å². The zero-order valence-corrected chi connectivity index (χ0v) is 9.27. The number of rotatable bonds is 4. The normalized spacial score (nSPS) is 11.4. The lowest BCUT2D eigenvalue weighted by Gasteiger charge is -2.14. The van der Waals surface area contributed by atoms with Crippen LogP contribution in [0.2, 0.25) is 0 Å². The number of carbonyl (C=O) groups excluding carboxylic acids is 1. The molecule has 6 heteroatoms. The number of hydrogen-bond acceptors (Lipinski definition) is 2. The maximum Gasteiger partial charge on any atom is 0.277 e. The van der Waals surface area contributed by atoms with Crippen LogP contribution in [0.1, 0.15) is 15.9 Å². The first-order valence-corrected chi connectivity index (χ1v) is 4.98. The highest BCUT2D eigenvalue weighted by Crippen LogP contribution is 2.13. The second-order valence-electron chi connectivity index (χ2n) is 3.68. The summed E-state index contributed by atoms with van der Waals surface area (Å²) in [5, 5.41) is 1.95. The molecule has 0 saturated carbocycles. The van der Waals surface area contributed by atoms with Gasteiger partial charge in [0.25, 0.3) is 11.8 Å². The minimum atomic E-state index is -3.18. The van der Waals surface area contributed by atoms with E-state index in [1.54, 1.807) is 0 Å². The SMILES string of the molecule is Cc1cccc(C(=O)NCC(F)(F)CN)c1F. The first-order chi connectivity index (χ1) is 7.87. The van der Waals surface area contributed by atoms with Crippen molar-refractivity contribution in [1.82, 2.24) is 5.32 Å². The fraction of sp³-hybridized carbons (Fsp3) is 0.364. The van der Waals surface area contributed by atoms with Crippen molar-refractivity contribution in [1.29, 1.82) is 0 Å². The lowest BCUT2D eigenvalue weighted by molar-refractivity contribution is 0.0118. The summed E-state index contributed by atoms with van der Waals surface area (Å²) in [6, 6.07) is 4.20. The van der Waals surface area contributed by atoms with Crippen molar-refractivity contribution < 1.29 is 18.0 Å². The molecule has 0 fully saturated rings. The van der Waals surface area contributed by atoms with Crippen LogP contribution in [0.25, 0.3) is 0 Å². The molecule has 0 atom stereocenters. The number of aryl methyl sites for hydroxylation is 1. The van der Waals surface area contributed by atoms with Crippen molar-refractivity contribution in [3.05, 3.63) is 35.1 Å². The van der Waals surface area contributed by atoms with Gasteiger partial charge in [0.05, 0.1) is 18.7 Å². The van der Waals surface area contributed by atoms with Crippen LogP contribution >= 0.6 is 0 Å². The molecular formula is C11H13F3N2O. The molecule has 0 aliphatic rings. The van der Waals surface area contributed by atoms with Crippen molar-refractivity contribution in [2.24, 2.45) is 5.73 Å². The molecule has 3 nitrogen and oxygen atoms in total. The molecule has 17 heavy (non-hydrogen) atoms. The largest absolute Gasteiger partial charge is 0.346 e. The minimum Gasteiger partial charge on any atom is -0.346 e. The van der Waals surface area contributed by atoms with Gasteiger partial charge >= 0.3 is 0 Å². The summed E-state index contributed by atoms with van der Waals surface area (Å²) in [6.07, 6.45) is 0. The second-order valence-corrected chi connectivity index (χ2v) is 3.68. The number of nitrogens with one attached hydrogen (secondary N) is 1. The van der Waals surface area contributed by atoms with Gasteiger partial charge in [0.15, 0.2) is 0 Å². The van der Waals surface area contributed by atoms with Crippen LogP contribution in [0.5, 0.6) is 0 Å². The number of halogens is 3. The van der Waals surface area contributed by atoms with Gasteiger partial charge in [-0.3, -0.25) is 4.79 Å². The third-order valence-corrected chi connectivity index (χ3v) is 2.24. The van der Waals surface area contributed by atoms with Gasteiger partial charge in [0.2, 0.25) is 0 Å². The summed E-state index contributed by atoms with van der Waals surface area (Å²) < 4.78 is 39.0. The van der Waals surface area contributed by atoms with E-state index in [0.717, 1.165) is 0 Å². The monoisotopic (exact) mass is 246 g/mol. The summed E-state index contributed by atoms with van der Waals surface area (Å²) in [7, 11) is 0. The maximum atomic E-state index is 13.5. The zero-order chi connectivity index (χ0) is 13.1. The van der Waals surface area contributed by atoms with Crippen LogP contribution in [0.3, 0.4) is 0 Å². The molecule has 1 aromatic rings. The molecule has 0 unspecified atom stereocenters. The Morgan fingerprint density at radius 1 is 1.47 bits per heavy atom. The lowest BCUT2D eigenvalue weighted by Crippen LogP contribution is -2.41. The molecule has 0 spiro atoms. The van der Waals surface area contributed by atoms with Crippen molar-refractivity contribution in [3.8, 4) is 0 Å². The number of alkyl halides is 2. The van der Waals surface area contributed by atoms with Gasteiger partial charge < -0.3 is 11.1 Å². The number of amides is 1. The first-order valence-electron chi connectivity index (χ1n) is 4.98. The molecule has 1 amide bonds. The van der Waals surface area contributed by atoms with Gasteiger partial charge in [-0.2, -0.15) is 0 Å². The fourth-order valence-corrected chi connectivity index (χ4v) is 1.20. The Balaban J connectivity index is 2.74. The van der Waals surface area contributed by atoms with E-state index in [9.17, 15) is 18.0 Å². The number of carbonyl (C=O) groups is 1. The highest BCUT2D eigenvalue weighted by Gasteiger charge is 2.27. The summed E-state index contributed by atoms with van der Waals surface area (Å²) in [5.74, 6) is -4.77. The number of benzene rings is 1. The van der Waals surface area contributed by atoms with Crippen LogP contribution in [-0.2, 0) is 0 Å². The Morgan fingerprint density at radius 2 is 2.12 bits per heavy atom. The van der Waals surface area contributed by atoms with Crippen LogP contribution < -0.4 is 11.1 Å². The second kappa shape index (κ2) is 5.18. The first kappa shape index (κ1) is 13.5. The highest BCUT2D eigenvalue weighted by molar-refractivity contribution is 5.94. The predicted molar refractivity (Wildman–Crippen MR) is 57.5 cm³/mol. The topological polar surface area (TPSA) is 55.1 Å². The average molecular weight is 246 g/mol. The van der Waals surface area contributed by atoms with Gasteiger partial charge in [-0.15, -0.1) is 0 Å². The number of nitrogens with two attached hydrogens (primary N) is 1. The van der Waals surface area contributed by atoms with Gasteiger partial charge in [-0.25, -0.2) is 13.2 Å². The van der Waals surface area contributed by atoms with Crippen molar-refractivity contribution in [2.75, 3.05) is 13.1 Å². The van der Waals surface area contributed by atoms with E-state index in [1.165, 1.54) is 25.1 Å². The Morgan fingerprint density at radius 3 is 2.71 bits per heavy atom. The van der Waals surface area contributed by atoms with E-state index in [0.29, 0.717) is 0 Å². The van der Waals surface area contributed by atoms with Crippen molar-refractivity contribution in [3.63, 3.8) is 0 Å². The van der Waals surface area contributed by atoms with E-state index in [2.05, 4.69) is 0 Å². The Hall–Kier alpha value is -1.56. The molecule has 0 aliphatic heterocycles. The predicted octanol–water partition coefficient (Wildman–Crippen LogP) is 1.46. The van der Waals surface area contributed by atoms with E-state index < -0.39 is 30.7 Å². The minimum absolute atomic E-state index is 0.252. The van der Waals surface area contributed by atoms with Crippen LogP contribution in [0.15, 0.2) is 18.2 Å². The molecule has 0 aliphatic carbocycles. The molecule has 0 bridgehead atoms. The molecule has 94 valence electrons. The van der Waals surface area contributed by atoms with Gasteiger partial charge in [-0.1, -0.05) is 12.1 Å². The quantitative estimate of drug-likeness (QED) is 0.845. The summed E-state index contributed by atoms with van der Waals surface area (Å²) in [6.45, 7) is -0.292. The third-order valence-electron chi connectivity index (χ3n) is 2.24. The maximum absolute atomic E-state index is 13.5. The third kappa shape index (κ3) is 3.45. The van der Waals surface area contributed by atoms with Crippen LogP contribution in [-0.4, -0.2) is 24.9 Å². The summed E-state index contributed by atoms with van der Waals surface area (Å²) >= 11 is 0. The zero-order valence-electron chi connectivity index (χ0n) is 9.27. The molecule has 0 saturated heterocycles. The van der Waals surface area contributed by atoms with Gasteiger partial charge in [-0.05, 0) is 18.6 Å². The smallest absolute Gasteiger partial charge is 0.277 e. The molecule has 0 radical (unpaired) electrons. The summed E-state index contributed by atoms with van der Waals surface area (Å²) in [5.41, 5.74) is 4.84. The molecule has 1 rings (SSSR count). The molecule has 0 aromatic heterocycles. The molecule has 1 aromatic carbocycles. The van der Waals surface area contributed by atoms with Crippen molar-refractivity contribution in [2.45, 2.75) is 12.8 Å². The van der Waals surface area contributed by atoms with E-state index in [-0.39, 0.29) is 11.1 Å². The molecular weight excluding hydrogens is 233 g/mol. The summed E-state index contributed by atoms with van der Waals surface area (Å²) in [4.78, 5) is 11.5. The molecule has 0 heterocycles. The van der Waals surface area contributed by atoms with Gasteiger partial charge in [0.1, 0.15) is 5.82 Å². The lowest BCUT2D eigenvalue weighted by atomic mass is 10.1. The van der Waals surface area contributed by atoms with E-state index >= 15 is 0 Å². The van der Waals surface area contributed by atoms with Crippen LogP contribution in [0.4, 0.5) is 13.2 Å². The number of hydrogen-bond donors (Lipinski definition) is 2. The Bertz CT molecular complexity index is 421. The van der Waals surface area contributed by atoms with Gasteiger partial charge in [0, 0.05) is 0 Å². The Labute approximate surface area is 96.8 Å². The highest BCUT2D eigenvalue weighted by atomic mass is 19.3. The standard InChI is InChI=1S/C11H13F3N2O/c1-7-3-2-4-8(9(7)12)10(17)16-6-11(13,14)5-15/h2-4H,5-6,15H2,1H3,(H,16,17). The Kier molecular flexibility index (Phi) is 4.11. The van der Waals surface area contributed by atoms with Crippen LogP contribution in [0, 0.1) is 12.7 Å². The fourth-order valence-electron chi connectivity index (χ4n) is 1.20. The van der Waals surface area contributed by atoms with Crippen molar-refractivity contribution >= 4 is 5.91 Å². The molecule has 3 N–H and O–H groups in total. The van der Waals surface area contributed by atoms with E-state index in [1.807, 2.05) is 5.32 Å².